The van der Waals surface area contributed by atoms with Gasteiger partial charge in [-0.05, 0) is 62.3 Å². The predicted molar refractivity (Wildman–Crippen MR) is 129 cm³/mol. The van der Waals surface area contributed by atoms with Crippen LogP contribution >= 0.6 is 0 Å². The highest BCUT2D eigenvalue weighted by atomic mass is 16.3. The average molecular weight is 426 g/mol. The third kappa shape index (κ3) is 7.49. The fraction of sp³-hybridized carbons (Fsp3) is 0.391. The zero-order valence-corrected chi connectivity index (χ0v) is 18.8. The van der Waals surface area contributed by atoms with E-state index in [0.717, 1.165) is 28.2 Å². The summed E-state index contributed by atoms with van der Waals surface area (Å²) in [6.07, 6.45) is 14.8. The summed E-state index contributed by atoms with van der Waals surface area (Å²) < 4.78 is 0. The topological polar surface area (TPSA) is 147 Å². The van der Waals surface area contributed by atoms with E-state index in [1.807, 2.05) is 24.3 Å². The van der Waals surface area contributed by atoms with Crippen LogP contribution in [0.15, 0.2) is 80.7 Å². The molecule has 0 aliphatic carbocycles. The average Bonchev–Trinajstić information content (AvgIpc) is 2.70. The van der Waals surface area contributed by atoms with Crippen LogP contribution in [0.3, 0.4) is 0 Å². The first-order valence-corrected chi connectivity index (χ1v) is 10.4. The van der Waals surface area contributed by atoms with E-state index in [9.17, 15) is 5.11 Å². The van der Waals surface area contributed by atoms with Gasteiger partial charge in [-0.3, -0.25) is 9.98 Å². The molecule has 0 bridgehead atoms. The molecule has 0 amide bonds. The van der Waals surface area contributed by atoms with Crippen LogP contribution < -0.4 is 27.8 Å². The monoisotopic (exact) mass is 425 g/mol. The first-order chi connectivity index (χ1) is 14.6. The number of aliphatic hydroxyl groups is 1. The van der Waals surface area contributed by atoms with Gasteiger partial charge in [0.05, 0.1) is 17.3 Å². The number of aliphatic imine (C=N–C) groups is 2. The molecule has 0 spiro atoms. The number of rotatable bonds is 9. The van der Waals surface area contributed by atoms with Crippen LogP contribution in [0.2, 0.25) is 0 Å². The second kappa shape index (κ2) is 10.7. The fourth-order valence-electron chi connectivity index (χ4n) is 2.92. The van der Waals surface area contributed by atoms with Gasteiger partial charge in [0.25, 0.3) is 0 Å². The van der Waals surface area contributed by atoms with Crippen molar-refractivity contribution in [2.45, 2.75) is 45.8 Å². The van der Waals surface area contributed by atoms with Crippen LogP contribution in [0.4, 0.5) is 0 Å². The minimum Gasteiger partial charge on any atom is -0.404 e. The zero-order valence-electron chi connectivity index (χ0n) is 18.8. The smallest absolute Gasteiger partial charge is 0.105 e. The summed E-state index contributed by atoms with van der Waals surface area (Å²) in [5.41, 5.74) is 20.3. The summed E-state index contributed by atoms with van der Waals surface area (Å²) in [4.78, 5) is 8.91. The molecule has 1 atom stereocenters. The predicted octanol–water partition coefficient (Wildman–Crippen LogP) is 1.66. The Balaban J connectivity index is 2.07. The Bertz CT molecular complexity index is 893. The Labute approximate surface area is 184 Å². The highest BCUT2D eigenvalue weighted by Gasteiger charge is 2.21. The van der Waals surface area contributed by atoms with Crippen molar-refractivity contribution in [2.75, 3.05) is 6.54 Å². The summed E-state index contributed by atoms with van der Waals surface area (Å²) in [6.45, 7) is 8.14. The van der Waals surface area contributed by atoms with Gasteiger partial charge < -0.3 is 32.9 Å². The van der Waals surface area contributed by atoms with Gasteiger partial charge in [0.1, 0.15) is 11.6 Å². The van der Waals surface area contributed by atoms with Crippen molar-refractivity contribution in [1.82, 2.24) is 10.6 Å². The maximum atomic E-state index is 9.80. The molecule has 0 fully saturated rings. The normalized spacial score (nSPS) is 20.3. The van der Waals surface area contributed by atoms with Gasteiger partial charge in [-0.2, -0.15) is 0 Å². The summed E-state index contributed by atoms with van der Waals surface area (Å²) in [6, 6.07) is -0.130. The van der Waals surface area contributed by atoms with Gasteiger partial charge in [0, 0.05) is 36.3 Å². The molecule has 31 heavy (non-hydrogen) atoms. The van der Waals surface area contributed by atoms with E-state index in [1.54, 1.807) is 32.5 Å². The summed E-state index contributed by atoms with van der Waals surface area (Å²) in [5.74, 6) is 1.52. The Hall–Kier alpha value is -3.26. The SMILES string of the molecule is CC(C)C(=C/N)/C=C(\N)NC1=CC=C2N=CC(C(C=NCCC(C)(C)O)=CN)=CC2N1. The summed E-state index contributed by atoms with van der Waals surface area (Å²) in [7, 11) is 0. The number of nitrogens with one attached hydrogen (secondary N) is 2. The minimum atomic E-state index is -0.747. The third-order valence-electron chi connectivity index (χ3n) is 4.81. The quantitative estimate of drug-likeness (QED) is 0.245. The van der Waals surface area contributed by atoms with Gasteiger partial charge in [0.2, 0.25) is 0 Å². The van der Waals surface area contributed by atoms with Crippen molar-refractivity contribution >= 4 is 12.4 Å². The number of nitrogens with zero attached hydrogens (tertiary/aromatic N) is 2. The van der Waals surface area contributed by atoms with Crippen LogP contribution in [0.25, 0.3) is 0 Å². The van der Waals surface area contributed by atoms with Crippen LogP contribution in [0, 0.1) is 5.92 Å². The van der Waals surface area contributed by atoms with Crippen molar-refractivity contribution in [3.05, 3.63) is 70.8 Å². The van der Waals surface area contributed by atoms with Gasteiger partial charge >= 0.3 is 0 Å². The molecule has 9 N–H and O–H groups in total. The van der Waals surface area contributed by atoms with Gasteiger partial charge in [0.15, 0.2) is 0 Å². The summed E-state index contributed by atoms with van der Waals surface area (Å²) >= 11 is 0. The molecular weight excluding hydrogens is 390 g/mol. The molecule has 0 radical (unpaired) electrons. The molecule has 0 aromatic rings. The number of allylic oxidation sites excluding steroid dienone is 6. The van der Waals surface area contributed by atoms with E-state index in [0.29, 0.717) is 18.8 Å². The lowest BCUT2D eigenvalue weighted by molar-refractivity contribution is 0.0739. The molecule has 168 valence electrons. The molecule has 8 nitrogen and oxygen atoms in total. The van der Waals surface area contributed by atoms with E-state index < -0.39 is 5.60 Å². The molecule has 2 aliphatic rings. The first-order valence-electron chi connectivity index (χ1n) is 10.4. The number of hydrogen-bond donors (Lipinski definition) is 6. The molecule has 0 saturated carbocycles. The Morgan fingerprint density at radius 3 is 2.68 bits per heavy atom. The van der Waals surface area contributed by atoms with E-state index in [4.69, 9.17) is 17.2 Å². The molecule has 0 saturated heterocycles. The minimum absolute atomic E-state index is 0.130. The van der Waals surface area contributed by atoms with Crippen molar-refractivity contribution < 1.29 is 5.11 Å². The van der Waals surface area contributed by atoms with Crippen molar-refractivity contribution in [1.29, 1.82) is 0 Å². The van der Waals surface area contributed by atoms with Crippen molar-refractivity contribution in [3.63, 3.8) is 0 Å². The largest absolute Gasteiger partial charge is 0.404 e. The zero-order chi connectivity index (χ0) is 23.0. The Morgan fingerprint density at radius 2 is 2.06 bits per heavy atom. The van der Waals surface area contributed by atoms with E-state index in [1.165, 1.54) is 6.20 Å². The number of fused-ring (bicyclic) bond motifs is 1. The summed E-state index contributed by atoms with van der Waals surface area (Å²) in [5, 5.41) is 16.3. The number of nitrogens with two attached hydrogens (primary N) is 3. The molecule has 0 aromatic heterocycles. The molecule has 8 heteroatoms. The van der Waals surface area contributed by atoms with Crippen LogP contribution in [0.1, 0.15) is 34.1 Å². The Morgan fingerprint density at radius 1 is 1.32 bits per heavy atom. The van der Waals surface area contributed by atoms with Gasteiger partial charge in [-0.15, -0.1) is 0 Å². The maximum absolute atomic E-state index is 9.80. The molecule has 2 heterocycles. The molecule has 1 unspecified atom stereocenters. The van der Waals surface area contributed by atoms with Gasteiger partial charge in [-0.1, -0.05) is 13.8 Å². The van der Waals surface area contributed by atoms with Gasteiger partial charge in [-0.25, -0.2) is 0 Å². The molecule has 2 rings (SSSR count). The fourth-order valence-corrected chi connectivity index (χ4v) is 2.92. The van der Waals surface area contributed by atoms with E-state index in [2.05, 4.69) is 34.5 Å². The van der Waals surface area contributed by atoms with Crippen LogP contribution in [-0.2, 0) is 0 Å². The van der Waals surface area contributed by atoms with Crippen molar-refractivity contribution in [3.8, 4) is 0 Å². The van der Waals surface area contributed by atoms with Crippen LogP contribution in [0.5, 0.6) is 0 Å². The number of dihydropyridines is 2. The van der Waals surface area contributed by atoms with Crippen molar-refractivity contribution in [2.24, 2.45) is 33.1 Å². The molecule has 2 aliphatic heterocycles. The standard InChI is InChI=1S/C23H35N7O/c1-15(2)16(11-24)10-21(26)30-22-6-5-19-20(29-22)9-17(14-28-19)18(12-25)13-27-8-7-23(3,4)31/h5-6,9-15,20,29-31H,7-8,24-26H2,1-4H3/b16-11+,18-12?,21-10+,27-13?. The van der Waals surface area contributed by atoms with E-state index in [-0.39, 0.29) is 12.0 Å². The first kappa shape index (κ1) is 24.0. The molecule has 0 aromatic carbocycles. The highest BCUT2D eigenvalue weighted by Crippen LogP contribution is 2.21. The second-order valence-corrected chi connectivity index (χ2v) is 8.44. The Kier molecular flexibility index (Phi) is 8.27. The van der Waals surface area contributed by atoms with Crippen LogP contribution in [-0.4, -0.2) is 35.7 Å². The highest BCUT2D eigenvalue weighted by molar-refractivity contribution is 5.99. The second-order valence-electron chi connectivity index (χ2n) is 8.44. The lowest BCUT2D eigenvalue weighted by atomic mass is 10.00. The third-order valence-corrected chi connectivity index (χ3v) is 4.81. The van der Waals surface area contributed by atoms with E-state index >= 15 is 0 Å². The maximum Gasteiger partial charge on any atom is 0.105 e. The number of hydrogen-bond acceptors (Lipinski definition) is 8. The lowest BCUT2D eigenvalue weighted by Crippen LogP contribution is -2.39. The lowest BCUT2D eigenvalue weighted by Gasteiger charge is -2.27. The molecular formula is C23H35N7O.